The van der Waals surface area contributed by atoms with Crippen molar-refractivity contribution in [1.29, 1.82) is 0 Å². The smallest absolute Gasteiger partial charge is 0.265 e. The first-order valence-corrected chi connectivity index (χ1v) is 7.15. The van der Waals surface area contributed by atoms with E-state index in [1.807, 2.05) is 13.8 Å². The van der Waals surface area contributed by atoms with Crippen LogP contribution >= 0.6 is 11.3 Å². The Bertz CT molecular complexity index is 540. The molecule has 0 fully saturated rings. The van der Waals surface area contributed by atoms with Gasteiger partial charge in [-0.15, -0.1) is 11.3 Å². The Morgan fingerprint density at radius 3 is 2.80 bits per heavy atom. The van der Waals surface area contributed by atoms with Gasteiger partial charge >= 0.3 is 0 Å². The molecule has 5 nitrogen and oxygen atoms in total. The summed E-state index contributed by atoms with van der Waals surface area (Å²) >= 11 is 1.31. The molecule has 0 spiro atoms. The Balaban J connectivity index is 2.75. The van der Waals surface area contributed by atoms with Gasteiger partial charge in [-0.25, -0.2) is 0 Å². The highest BCUT2D eigenvalue weighted by Crippen LogP contribution is 2.17. The third-order valence-electron chi connectivity index (χ3n) is 2.36. The van der Waals surface area contributed by atoms with Crippen LogP contribution in [0.25, 0.3) is 0 Å². The van der Waals surface area contributed by atoms with Crippen LogP contribution in [-0.2, 0) is 4.79 Å². The van der Waals surface area contributed by atoms with Crippen LogP contribution in [0.15, 0.2) is 11.4 Å². The van der Waals surface area contributed by atoms with Gasteiger partial charge in [0.1, 0.15) is 4.88 Å². The van der Waals surface area contributed by atoms with E-state index < -0.39 is 0 Å². The average Bonchev–Trinajstić information content (AvgIpc) is 2.82. The van der Waals surface area contributed by atoms with Gasteiger partial charge in [0.15, 0.2) is 0 Å². The number of nitrogens with two attached hydrogens (primary N) is 1. The molecule has 0 aliphatic carbocycles. The first kappa shape index (κ1) is 16.2. The fourth-order valence-corrected chi connectivity index (χ4v) is 2.39. The second-order valence-corrected chi connectivity index (χ2v) is 5.47. The minimum Gasteiger partial charge on any atom is -0.352 e. The molecule has 108 valence electrons. The molecule has 0 aromatic carbocycles. The van der Waals surface area contributed by atoms with Gasteiger partial charge in [-0.05, 0) is 25.3 Å². The van der Waals surface area contributed by atoms with Gasteiger partial charge in [-0.1, -0.05) is 11.8 Å². The van der Waals surface area contributed by atoms with Crippen molar-refractivity contribution in [1.82, 2.24) is 10.2 Å². The number of nitrogens with one attached hydrogen (secondary N) is 1. The number of carbonyl (C=O) groups excluding carboxylic acids is 2. The highest BCUT2D eigenvalue weighted by atomic mass is 32.1. The van der Waals surface area contributed by atoms with Crippen LogP contribution in [0.5, 0.6) is 0 Å². The van der Waals surface area contributed by atoms with Crippen LogP contribution in [-0.4, -0.2) is 42.9 Å². The Kier molecular flexibility index (Phi) is 6.22. The van der Waals surface area contributed by atoms with Crippen molar-refractivity contribution in [3.63, 3.8) is 0 Å². The third kappa shape index (κ3) is 4.68. The minimum absolute atomic E-state index is 0.0265. The molecule has 6 heteroatoms. The lowest BCUT2D eigenvalue weighted by Gasteiger charge is -2.17. The van der Waals surface area contributed by atoms with Crippen LogP contribution in [0.3, 0.4) is 0 Å². The molecule has 2 amide bonds. The van der Waals surface area contributed by atoms with Gasteiger partial charge in [-0.3, -0.25) is 9.59 Å². The van der Waals surface area contributed by atoms with Crippen LogP contribution in [0.2, 0.25) is 0 Å². The van der Waals surface area contributed by atoms with Crippen molar-refractivity contribution >= 4 is 23.2 Å². The molecule has 0 radical (unpaired) electrons. The fraction of sp³-hybridized carbons (Fsp3) is 0.429. The number of nitrogens with zero attached hydrogens (tertiary/aromatic N) is 1. The van der Waals surface area contributed by atoms with Crippen LogP contribution in [0, 0.1) is 11.8 Å². The molecule has 0 atom stereocenters. The Labute approximate surface area is 123 Å². The van der Waals surface area contributed by atoms with Crippen LogP contribution in [0.4, 0.5) is 0 Å². The molecule has 0 saturated carbocycles. The van der Waals surface area contributed by atoms with E-state index in [2.05, 4.69) is 17.2 Å². The van der Waals surface area contributed by atoms with Crippen molar-refractivity contribution in [2.75, 3.05) is 20.1 Å². The predicted octanol–water partition coefficient (Wildman–Crippen LogP) is 0.655. The SMILES string of the molecule is CC(C)NC(=O)CN(C)C(=O)c1sccc1C#CCN. The van der Waals surface area contributed by atoms with E-state index >= 15 is 0 Å². The number of rotatable bonds is 4. The molecule has 1 heterocycles. The molecule has 0 saturated heterocycles. The third-order valence-corrected chi connectivity index (χ3v) is 3.26. The summed E-state index contributed by atoms with van der Waals surface area (Å²) in [4.78, 5) is 25.8. The second kappa shape index (κ2) is 7.68. The second-order valence-electron chi connectivity index (χ2n) is 4.55. The lowest BCUT2D eigenvalue weighted by molar-refractivity contribution is -0.122. The number of hydrogen-bond donors (Lipinski definition) is 2. The first-order valence-electron chi connectivity index (χ1n) is 6.27. The van der Waals surface area contributed by atoms with Gasteiger partial charge in [0.25, 0.3) is 5.91 Å². The normalized spacial score (nSPS) is 9.85. The zero-order chi connectivity index (χ0) is 15.1. The summed E-state index contributed by atoms with van der Waals surface area (Å²) in [5.74, 6) is 5.20. The first-order chi connectivity index (χ1) is 9.45. The standard InChI is InChI=1S/C14H19N3O2S/c1-10(2)16-12(18)9-17(3)14(19)13-11(5-4-7-15)6-8-20-13/h6,8,10H,7,9,15H2,1-3H3,(H,16,18). The molecular weight excluding hydrogens is 274 g/mol. The summed E-state index contributed by atoms with van der Waals surface area (Å²) in [6, 6.07) is 1.83. The summed E-state index contributed by atoms with van der Waals surface area (Å²) in [5, 5.41) is 4.55. The molecule has 0 bridgehead atoms. The molecular formula is C14H19N3O2S. The average molecular weight is 293 g/mol. The molecule has 1 rings (SSSR count). The van der Waals surface area contributed by atoms with E-state index in [0.29, 0.717) is 10.4 Å². The van der Waals surface area contributed by atoms with Gasteiger partial charge in [-0.2, -0.15) is 0 Å². The molecule has 1 aromatic heterocycles. The number of likely N-dealkylation sites (N-methyl/N-ethyl adjacent to an activating group) is 1. The zero-order valence-corrected chi connectivity index (χ0v) is 12.7. The van der Waals surface area contributed by atoms with Crippen LogP contribution in [0.1, 0.15) is 29.1 Å². The van der Waals surface area contributed by atoms with Gasteiger partial charge < -0.3 is 16.0 Å². The minimum atomic E-state index is -0.208. The van der Waals surface area contributed by atoms with E-state index in [-0.39, 0.29) is 30.9 Å². The van der Waals surface area contributed by atoms with Crippen molar-refractivity contribution in [2.45, 2.75) is 19.9 Å². The maximum Gasteiger partial charge on any atom is 0.265 e. The van der Waals surface area contributed by atoms with E-state index in [1.54, 1.807) is 18.5 Å². The highest BCUT2D eigenvalue weighted by Gasteiger charge is 2.18. The highest BCUT2D eigenvalue weighted by molar-refractivity contribution is 7.12. The van der Waals surface area contributed by atoms with Crippen molar-refractivity contribution in [3.05, 3.63) is 21.9 Å². The predicted molar refractivity (Wildman–Crippen MR) is 80.5 cm³/mol. The van der Waals surface area contributed by atoms with Crippen molar-refractivity contribution in [2.24, 2.45) is 5.73 Å². The number of thiophene rings is 1. The molecule has 1 aromatic rings. The maximum absolute atomic E-state index is 12.3. The van der Waals surface area contributed by atoms with Gasteiger partial charge in [0, 0.05) is 18.7 Å². The lowest BCUT2D eigenvalue weighted by Crippen LogP contribution is -2.40. The monoisotopic (exact) mass is 293 g/mol. The van der Waals surface area contributed by atoms with Crippen molar-refractivity contribution in [3.8, 4) is 11.8 Å². The maximum atomic E-state index is 12.3. The molecule has 20 heavy (non-hydrogen) atoms. The van der Waals surface area contributed by atoms with E-state index in [4.69, 9.17) is 5.73 Å². The quantitative estimate of drug-likeness (QED) is 0.801. The topological polar surface area (TPSA) is 75.4 Å². The summed E-state index contributed by atoms with van der Waals surface area (Å²) in [6.45, 7) is 4.02. The summed E-state index contributed by atoms with van der Waals surface area (Å²) in [5.41, 5.74) is 5.98. The van der Waals surface area contributed by atoms with Gasteiger partial charge in [0.05, 0.1) is 13.1 Å². The number of carbonyl (C=O) groups is 2. The van der Waals surface area contributed by atoms with E-state index in [0.717, 1.165) is 0 Å². The summed E-state index contributed by atoms with van der Waals surface area (Å²) < 4.78 is 0. The van der Waals surface area contributed by atoms with Crippen molar-refractivity contribution < 1.29 is 9.59 Å². The Morgan fingerprint density at radius 1 is 1.50 bits per heavy atom. The molecule has 0 aliphatic rings. The number of hydrogen-bond acceptors (Lipinski definition) is 4. The number of amides is 2. The van der Waals surface area contributed by atoms with E-state index in [9.17, 15) is 9.59 Å². The molecule has 0 unspecified atom stereocenters. The van der Waals surface area contributed by atoms with E-state index in [1.165, 1.54) is 16.2 Å². The molecule has 0 aliphatic heterocycles. The van der Waals surface area contributed by atoms with Gasteiger partial charge in [0.2, 0.25) is 5.91 Å². The Hall–Kier alpha value is -1.84. The fourth-order valence-electron chi connectivity index (χ4n) is 1.55. The largest absolute Gasteiger partial charge is 0.352 e. The Morgan fingerprint density at radius 2 is 2.20 bits per heavy atom. The molecule has 3 N–H and O–H groups in total. The summed E-state index contributed by atoms with van der Waals surface area (Å²) in [6.07, 6.45) is 0. The zero-order valence-electron chi connectivity index (χ0n) is 11.9. The van der Waals surface area contributed by atoms with Crippen LogP contribution < -0.4 is 11.1 Å². The summed E-state index contributed by atoms with van der Waals surface area (Å²) in [7, 11) is 1.60. The lowest BCUT2D eigenvalue weighted by atomic mass is 10.2.